The highest BCUT2D eigenvalue weighted by Crippen LogP contribution is 2.37. The zero-order chi connectivity index (χ0) is 23.4. The summed E-state index contributed by atoms with van der Waals surface area (Å²) in [5.41, 5.74) is 0.586. The maximum Gasteiger partial charge on any atom is 0.418 e. The normalized spacial score (nSPS) is 14.6. The topological polar surface area (TPSA) is 66.5 Å². The standard InChI is InChI=1S/C23H25F3N2O3S/c1-32(30,31)28(21-10-6-5-9-20(21)23(24,25)26)16-18-11-13-19(14-12-18)22(29)27-15-17-7-3-2-4-8-17/h5-7,9-14H,2-4,8,15-16H2,1H3,(H,27,29). The summed E-state index contributed by atoms with van der Waals surface area (Å²) in [6.07, 6.45) is 2.58. The van der Waals surface area contributed by atoms with Crippen LogP contribution in [0.25, 0.3) is 0 Å². The fourth-order valence-corrected chi connectivity index (χ4v) is 4.50. The summed E-state index contributed by atoms with van der Waals surface area (Å²) >= 11 is 0. The zero-order valence-electron chi connectivity index (χ0n) is 17.7. The van der Waals surface area contributed by atoms with Crippen LogP contribution in [0.3, 0.4) is 0 Å². The third-order valence-electron chi connectivity index (χ3n) is 5.28. The lowest BCUT2D eigenvalue weighted by Crippen LogP contribution is -2.31. The van der Waals surface area contributed by atoms with Crippen molar-refractivity contribution in [3.8, 4) is 0 Å². The molecule has 2 aromatic rings. The van der Waals surface area contributed by atoms with Crippen LogP contribution in [0.15, 0.2) is 60.2 Å². The second-order valence-corrected chi connectivity index (χ2v) is 9.68. The number of halogens is 3. The van der Waals surface area contributed by atoms with Gasteiger partial charge in [-0.3, -0.25) is 9.10 Å². The molecule has 0 aromatic heterocycles. The van der Waals surface area contributed by atoms with Gasteiger partial charge in [-0.05, 0) is 55.5 Å². The van der Waals surface area contributed by atoms with Crippen LogP contribution in [0.4, 0.5) is 18.9 Å². The molecule has 0 saturated carbocycles. The van der Waals surface area contributed by atoms with Gasteiger partial charge in [0.1, 0.15) is 0 Å². The van der Waals surface area contributed by atoms with Gasteiger partial charge in [-0.15, -0.1) is 0 Å². The van der Waals surface area contributed by atoms with Crippen LogP contribution in [0, 0.1) is 0 Å². The molecule has 0 unspecified atom stereocenters. The molecule has 3 rings (SSSR count). The molecule has 1 amide bonds. The molecule has 32 heavy (non-hydrogen) atoms. The zero-order valence-corrected chi connectivity index (χ0v) is 18.5. The summed E-state index contributed by atoms with van der Waals surface area (Å²) in [5.74, 6) is -0.259. The fourth-order valence-electron chi connectivity index (χ4n) is 3.60. The maximum absolute atomic E-state index is 13.4. The van der Waals surface area contributed by atoms with Gasteiger partial charge in [0.05, 0.1) is 24.1 Å². The number of nitrogens with zero attached hydrogens (tertiary/aromatic N) is 1. The van der Waals surface area contributed by atoms with Crippen molar-refractivity contribution in [1.29, 1.82) is 0 Å². The smallest absolute Gasteiger partial charge is 0.348 e. The summed E-state index contributed by atoms with van der Waals surface area (Å²) in [5, 5.41) is 2.86. The Balaban J connectivity index is 1.76. The minimum atomic E-state index is -4.70. The maximum atomic E-state index is 13.4. The molecular formula is C23H25F3N2O3S. The predicted octanol–water partition coefficient (Wildman–Crippen LogP) is 4.90. The average molecular weight is 467 g/mol. The molecule has 2 aromatic carbocycles. The number of sulfonamides is 1. The number of benzene rings is 2. The minimum Gasteiger partial charge on any atom is -0.348 e. The fraction of sp³-hybridized carbons (Fsp3) is 0.348. The van der Waals surface area contributed by atoms with Crippen molar-refractivity contribution in [3.63, 3.8) is 0 Å². The number of carbonyl (C=O) groups is 1. The van der Waals surface area contributed by atoms with E-state index in [4.69, 9.17) is 0 Å². The Morgan fingerprint density at radius 2 is 1.75 bits per heavy atom. The highest BCUT2D eigenvalue weighted by Gasteiger charge is 2.36. The van der Waals surface area contributed by atoms with Crippen LogP contribution >= 0.6 is 0 Å². The molecule has 9 heteroatoms. The number of anilines is 1. The van der Waals surface area contributed by atoms with Crippen LogP contribution in [0.1, 0.15) is 47.2 Å². The van der Waals surface area contributed by atoms with E-state index in [1.807, 2.05) is 0 Å². The summed E-state index contributed by atoms with van der Waals surface area (Å²) in [6, 6.07) is 10.7. The molecule has 1 aliphatic carbocycles. The quantitative estimate of drug-likeness (QED) is 0.590. The van der Waals surface area contributed by atoms with E-state index in [1.54, 1.807) is 12.1 Å². The van der Waals surface area contributed by atoms with Gasteiger partial charge < -0.3 is 5.32 Å². The highest BCUT2D eigenvalue weighted by molar-refractivity contribution is 7.92. The largest absolute Gasteiger partial charge is 0.418 e. The third kappa shape index (κ3) is 6.12. The molecule has 0 saturated heterocycles. The first-order valence-electron chi connectivity index (χ1n) is 10.2. The number of para-hydroxylation sites is 1. The van der Waals surface area contributed by atoms with Crippen molar-refractivity contribution in [2.45, 2.75) is 38.4 Å². The van der Waals surface area contributed by atoms with E-state index >= 15 is 0 Å². The lowest BCUT2D eigenvalue weighted by Gasteiger charge is -2.25. The van der Waals surface area contributed by atoms with Gasteiger partial charge in [-0.1, -0.05) is 35.9 Å². The Morgan fingerprint density at radius 3 is 2.34 bits per heavy atom. The number of rotatable bonds is 7. The Kier molecular flexibility index (Phi) is 7.28. The average Bonchev–Trinajstić information content (AvgIpc) is 2.75. The summed E-state index contributed by atoms with van der Waals surface area (Å²) < 4.78 is 65.6. The van der Waals surface area contributed by atoms with Gasteiger partial charge >= 0.3 is 6.18 Å². The predicted molar refractivity (Wildman–Crippen MR) is 118 cm³/mol. The van der Waals surface area contributed by atoms with Gasteiger partial charge in [-0.2, -0.15) is 13.2 Å². The van der Waals surface area contributed by atoms with Gasteiger partial charge in [0, 0.05) is 12.1 Å². The molecule has 1 aliphatic rings. The lowest BCUT2D eigenvalue weighted by molar-refractivity contribution is -0.137. The van der Waals surface area contributed by atoms with Crippen molar-refractivity contribution in [3.05, 3.63) is 76.9 Å². The Hall–Kier alpha value is -2.81. The van der Waals surface area contributed by atoms with Gasteiger partial charge in [0.25, 0.3) is 5.91 Å². The van der Waals surface area contributed by atoms with Crippen molar-refractivity contribution < 1.29 is 26.4 Å². The summed E-state index contributed by atoms with van der Waals surface area (Å²) in [4.78, 5) is 12.4. The number of allylic oxidation sites excluding steroid dienone is 1. The Labute approximate surface area is 186 Å². The molecule has 0 atom stereocenters. The first-order chi connectivity index (χ1) is 15.1. The molecule has 5 nitrogen and oxygen atoms in total. The molecule has 0 heterocycles. The van der Waals surface area contributed by atoms with Crippen molar-refractivity contribution >= 4 is 21.6 Å². The van der Waals surface area contributed by atoms with Crippen LogP contribution in [-0.4, -0.2) is 27.1 Å². The van der Waals surface area contributed by atoms with Gasteiger partial charge in [0.2, 0.25) is 10.0 Å². The molecule has 0 aliphatic heterocycles. The van der Waals surface area contributed by atoms with E-state index in [0.29, 0.717) is 17.7 Å². The van der Waals surface area contributed by atoms with Crippen LogP contribution < -0.4 is 9.62 Å². The first-order valence-corrected chi connectivity index (χ1v) is 12.1. The molecule has 0 spiro atoms. The molecule has 172 valence electrons. The van der Waals surface area contributed by atoms with Crippen LogP contribution in [0.5, 0.6) is 0 Å². The van der Waals surface area contributed by atoms with E-state index in [2.05, 4.69) is 11.4 Å². The molecule has 0 radical (unpaired) electrons. The minimum absolute atomic E-state index is 0.259. The Bertz CT molecular complexity index is 1090. The van der Waals surface area contributed by atoms with Crippen molar-refractivity contribution in [2.24, 2.45) is 0 Å². The van der Waals surface area contributed by atoms with Gasteiger partial charge in [0.15, 0.2) is 0 Å². The van der Waals surface area contributed by atoms with E-state index in [9.17, 15) is 26.4 Å². The summed E-state index contributed by atoms with van der Waals surface area (Å²) in [7, 11) is -4.00. The van der Waals surface area contributed by atoms with Crippen molar-refractivity contribution in [2.75, 3.05) is 17.1 Å². The van der Waals surface area contributed by atoms with Crippen LogP contribution in [0.2, 0.25) is 0 Å². The number of carbonyl (C=O) groups excluding carboxylic acids is 1. The Morgan fingerprint density at radius 1 is 1.06 bits per heavy atom. The molecule has 1 N–H and O–H groups in total. The lowest BCUT2D eigenvalue weighted by atomic mass is 9.99. The number of alkyl halides is 3. The van der Waals surface area contributed by atoms with Gasteiger partial charge in [-0.25, -0.2) is 8.42 Å². The van der Waals surface area contributed by atoms with Crippen molar-refractivity contribution in [1.82, 2.24) is 5.32 Å². The highest BCUT2D eigenvalue weighted by atomic mass is 32.2. The SMILES string of the molecule is CS(=O)(=O)N(Cc1ccc(C(=O)NCC2=CCCCC2)cc1)c1ccccc1C(F)(F)F. The number of hydrogen-bond donors (Lipinski definition) is 1. The molecule has 0 fully saturated rings. The first kappa shape index (κ1) is 23.8. The number of amides is 1. The molecular weight excluding hydrogens is 441 g/mol. The number of hydrogen-bond acceptors (Lipinski definition) is 3. The van der Waals surface area contributed by atoms with Crippen LogP contribution in [-0.2, 0) is 22.7 Å². The summed E-state index contributed by atoms with van der Waals surface area (Å²) in [6.45, 7) is 0.192. The number of nitrogens with one attached hydrogen (secondary N) is 1. The van der Waals surface area contributed by atoms with E-state index in [-0.39, 0.29) is 12.5 Å². The molecule has 0 bridgehead atoms. The van der Waals surface area contributed by atoms with E-state index in [0.717, 1.165) is 48.4 Å². The van der Waals surface area contributed by atoms with E-state index in [1.165, 1.54) is 29.8 Å². The third-order valence-corrected chi connectivity index (χ3v) is 6.41. The second kappa shape index (κ2) is 9.77. The monoisotopic (exact) mass is 466 g/mol. The second-order valence-electron chi connectivity index (χ2n) is 7.77. The van der Waals surface area contributed by atoms with E-state index < -0.39 is 27.5 Å².